The number of benzene rings is 1. The summed E-state index contributed by atoms with van der Waals surface area (Å²) in [5, 5.41) is 2.13. The van der Waals surface area contributed by atoms with E-state index < -0.39 is 0 Å². The Morgan fingerprint density at radius 2 is 1.90 bits per heavy atom. The number of thiophene rings is 1. The van der Waals surface area contributed by atoms with Gasteiger partial charge in [0.25, 0.3) is 0 Å². The van der Waals surface area contributed by atoms with Gasteiger partial charge in [-0.15, -0.1) is 11.3 Å². The molecule has 2 aromatic rings. The highest BCUT2D eigenvalue weighted by Crippen LogP contribution is 2.38. The fourth-order valence-electron chi connectivity index (χ4n) is 4.21. The van der Waals surface area contributed by atoms with Gasteiger partial charge in [0.1, 0.15) is 0 Å². The second kappa shape index (κ2) is 8.31. The van der Waals surface area contributed by atoms with E-state index in [4.69, 9.17) is 0 Å². The molecule has 1 aliphatic heterocycles. The van der Waals surface area contributed by atoms with Crippen molar-refractivity contribution >= 4 is 23.2 Å². The number of aryl methyl sites for hydroxylation is 1. The van der Waals surface area contributed by atoms with Gasteiger partial charge in [0.15, 0.2) is 0 Å². The summed E-state index contributed by atoms with van der Waals surface area (Å²) in [6.07, 6.45) is 2.83. The maximum atomic E-state index is 13.5. The van der Waals surface area contributed by atoms with Crippen molar-refractivity contribution in [2.45, 2.75) is 46.1 Å². The summed E-state index contributed by atoms with van der Waals surface area (Å²) in [6, 6.07) is 10.6. The van der Waals surface area contributed by atoms with Gasteiger partial charge in [0, 0.05) is 23.9 Å². The first-order chi connectivity index (χ1) is 13.9. The Balaban J connectivity index is 1.60. The lowest BCUT2D eigenvalue weighted by atomic mass is 9.92. The van der Waals surface area contributed by atoms with Crippen LogP contribution in [0.25, 0.3) is 0 Å². The quantitative estimate of drug-likeness (QED) is 0.707. The number of hydrogen-bond acceptors (Lipinski definition) is 3. The normalized spacial score (nSPS) is 18.6. The Bertz CT molecular complexity index is 883. The first-order valence-electron chi connectivity index (χ1n) is 10.6. The summed E-state index contributed by atoms with van der Waals surface area (Å²) in [5.74, 6) is 0.705. The topological polar surface area (TPSA) is 40.6 Å². The molecule has 29 heavy (non-hydrogen) atoms. The molecule has 1 fully saturated rings. The van der Waals surface area contributed by atoms with E-state index in [1.165, 1.54) is 16.0 Å². The molecule has 2 aliphatic rings. The molecule has 2 heterocycles. The van der Waals surface area contributed by atoms with Crippen LogP contribution in [0.1, 0.15) is 54.3 Å². The SMILES string of the molecule is Cc1ccc(C2c3ccsc3CCN2C(=O)CN(CC(C)C)C(=O)C2CC2)cc1. The van der Waals surface area contributed by atoms with Gasteiger partial charge < -0.3 is 9.80 Å². The molecule has 4 rings (SSSR count). The fraction of sp³-hybridized carbons (Fsp3) is 0.500. The van der Waals surface area contributed by atoms with Crippen LogP contribution in [0.15, 0.2) is 35.7 Å². The molecule has 4 nitrogen and oxygen atoms in total. The Morgan fingerprint density at radius 1 is 1.17 bits per heavy atom. The molecule has 1 aromatic heterocycles. The molecule has 154 valence electrons. The molecule has 1 aromatic carbocycles. The molecule has 1 atom stereocenters. The van der Waals surface area contributed by atoms with Crippen molar-refractivity contribution in [3.05, 3.63) is 57.3 Å². The minimum Gasteiger partial charge on any atom is -0.333 e. The molecule has 0 bridgehead atoms. The highest BCUT2D eigenvalue weighted by Gasteiger charge is 2.37. The fourth-order valence-corrected chi connectivity index (χ4v) is 5.11. The van der Waals surface area contributed by atoms with Gasteiger partial charge in [-0.25, -0.2) is 0 Å². The number of amides is 2. The number of nitrogens with zero attached hydrogens (tertiary/aromatic N) is 2. The van der Waals surface area contributed by atoms with Crippen LogP contribution in [0.4, 0.5) is 0 Å². The Morgan fingerprint density at radius 3 is 2.55 bits per heavy atom. The molecule has 0 saturated heterocycles. The van der Waals surface area contributed by atoms with Gasteiger partial charge in [0.05, 0.1) is 12.6 Å². The van der Waals surface area contributed by atoms with Crippen molar-refractivity contribution in [3.63, 3.8) is 0 Å². The zero-order valence-electron chi connectivity index (χ0n) is 17.6. The van der Waals surface area contributed by atoms with Crippen LogP contribution in [-0.4, -0.2) is 41.2 Å². The van der Waals surface area contributed by atoms with E-state index in [0.29, 0.717) is 19.0 Å². The highest BCUT2D eigenvalue weighted by molar-refractivity contribution is 7.10. The third-order valence-corrected chi connectivity index (χ3v) is 6.83. The first kappa shape index (κ1) is 20.1. The van der Waals surface area contributed by atoms with Crippen molar-refractivity contribution in [3.8, 4) is 0 Å². The van der Waals surface area contributed by atoms with Crippen LogP contribution in [0.2, 0.25) is 0 Å². The lowest BCUT2D eigenvalue weighted by Crippen LogP contribution is -2.47. The van der Waals surface area contributed by atoms with E-state index >= 15 is 0 Å². The number of carbonyl (C=O) groups is 2. The van der Waals surface area contributed by atoms with Crippen molar-refractivity contribution in [2.24, 2.45) is 11.8 Å². The number of rotatable bonds is 6. The number of fused-ring (bicyclic) bond motifs is 1. The van der Waals surface area contributed by atoms with E-state index in [9.17, 15) is 9.59 Å². The molecule has 1 saturated carbocycles. The maximum absolute atomic E-state index is 13.5. The summed E-state index contributed by atoms with van der Waals surface area (Å²) in [5.41, 5.74) is 3.60. The molecule has 0 spiro atoms. The van der Waals surface area contributed by atoms with Crippen LogP contribution in [0.3, 0.4) is 0 Å². The third-order valence-electron chi connectivity index (χ3n) is 5.83. The van der Waals surface area contributed by atoms with Gasteiger partial charge in [-0.3, -0.25) is 9.59 Å². The molecular weight excluding hydrogens is 380 g/mol. The minimum atomic E-state index is -0.0602. The Kier molecular flexibility index (Phi) is 5.77. The monoisotopic (exact) mass is 410 g/mol. The molecule has 1 unspecified atom stereocenters. The van der Waals surface area contributed by atoms with Gasteiger partial charge in [-0.05, 0) is 54.7 Å². The lowest BCUT2D eigenvalue weighted by Gasteiger charge is -2.38. The molecular formula is C24H30N2O2S. The highest BCUT2D eigenvalue weighted by atomic mass is 32.1. The lowest BCUT2D eigenvalue weighted by molar-refractivity contribution is -0.142. The van der Waals surface area contributed by atoms with E-state index in [0.717, 1.165) is 24.8 Å². The van der Waals surface area contributed by atoms with Gasteiger partial charge in [-0.2, -0.15) is 0 Å². The number of carbonyl (C=O) groups excluding carboxylic acids is 2. The minimum absolute atomic E-state index is 0.0575. The van der Waals surface area contributed by atoms with Gasteiger partial charge in [0.2, 0.25) is 11.8 Å². The maximum Gasteiger partial charge on any atom is 0.242 e. The molecule has 0 N–H and O–H groups in total. The smallest absolute Gasteiger partial charge is 0.242 e. The Hall–Kier alpha value is -2.14. The van der Waals surface area contributed by atoms with E-state index in [1.807, 2.05) is 4.90 Å². The van der Waals surface area contributed by atoms with E-state index in [-0.39, 0.29) is 30.3 Å². The van der Waals surface area contributed by atoms with Crippen molar-refractivity contribution in [2.75, 3.05) is 19.6 Å². The van der Waals surface area contributed by atoms with Crippen molar-refractivity contribution in [1.82, 2.24) is 9.80 Å². The molecule has 1 aliphatic carbocycles. The summed E-state index contributed by atoms with van der Waals surface area (Å²) in [7, 11) is 0. The first-order valence-corrected chi connectivity index (χ1v) is 11.5. The molecule has 5 heteroatoms. The van der Waals surface area contributed by atoms with E-state index in [1.54, 1.807) is 16.2 Å². The van der Waals surface area contributed by atoms with Crippen LogP contribution in [0.5, 0.6) is 0 Å². The summed E-state index contributed by atoms with van der Waals surface area (Å²) < 4.78 is 0. The van der Waals surface area contributed by atoms with Crippen LogP contribution >= 0.6 is 11.3 Å². The average molecular weight is 411 g/mol. The van der Waals surface area contributed by atoms with E-state index in [2.05, 4.69) is 56.5 Å². The Labute approximate surface area is 177 Å². The number of hydrogen-bond donors (Lipinski definition) is 0. The van der Waals surface area contributed by atoms with Crippen molar-refractivity contribution in [1.29, 1.82) is 0 Å². The summed E-state index contributed by atoms with van der Waals surface area (Å²) >= 11 is 1.78. The summed E-state index contributed by atoms with van der Waals surface area (Å²) in [4.78, 5) is 31.4. The predicted octanol–water partition coefficient (Wildman–Crippen LogP) is 4.43. The second-order valence-electron chi connectivity index (χ2n) is 8.84. The second-order valence-corrected chi connectivity index (χ2v) is 9.84. The molecule has 2 amide bonds. The zero-order valence-corrected chi connectivity index (χ0v) is 18.4. The van der Waals surface area contributed by atoms with Crippen LogP contribution < -0.4 is 0 Å². The average Bonchev–Trinajstić information content (AvgIpc) is 3.43. The molecule has 0 radical (unpaired) electrons. The predicted molar refractivity (Wildman–Crippen MR) is 117 cm³/mol. The van der Waals surface area contributed by atoms with Crippen LogP contribution in [0, 0.1) is 18.8 Å². The largest absolute Gasteiger partial charge is 0.333 e. The van der Waals surface area contributed by atoms with Crippen LogP contribution in [-0.2, 0) is 16.0 Å². The van der Waals surface area contributed by atoms with Gasteiger partial charge in [-0.1, -0.05) is 43.7 Å². The third kappa shape index (κ3) is 4.40. The van der Waals surface area contributed by atoms with Crippen molar-refractivity contribution < 1.29 is 9.59 Å². The zero-order chi connectivity index (χ0) is 20.5. The van der Waals surface area contributed by atoms with Gasteiger partial charge >= 0.3 is 0 Å². The summed E-state index contributed by atoms with van der Waals surface area (Å²) in [6.45, 7) is 7.83. The standard InChI is InChI=1S/C24H30N2O2S/c1-16(2)14-25(24(28)19-8-9-19)15-22(27)26-12-10-21-20(11-13-29-21)23(26)18-6-4-17(3)5-7-18/h4-7,11,13,16,19,23H,8-10,12,14-15H2,1-3H3.